The zero-order valence-corrected chi connectivity index (χ0v) is 12.1. The summed E-state index contributed by atoms with van der Waals surface area (Å²) >= 11 is 0. The number of carbonyl (C=O) groups is 1. The third-order valence-electron chi connectivity index (χ3n) is 3.34. The zero-order valence-electron chi connectivity index (χ0n) is 12.1. The first-order valence-corrected chi connectivity index (χ1v) is 7.13. The quantitative estimate of drug-likeness (QED) is 0.512. The van der Waals surface area contributed by atoms with Crippen LogP contribution in [0.25, 0.3) is 0 Å². The van der Waals surface area contributed by atoms with Gasteiger partial charge in [-0.15, -0.1) is 0 Å². The summed E-state index contributed by atoms with van der Waals surface area (Å²) in [4.78, 5) is 13.8. The lowest BCUT2D eigenvalue weighted by atomic mass is 10.2. The van der Waals surface area contributed by atoms with E-state index < -0.39 is 5.97 Å². The maximum Gasteiger partial charge on any atom is 0.350 e. The summed E-state index contributed by atoms with van der Waals surface area (Å²) < 4.78 is 4.79. The second-order valence-electron chi connectivity index (χ2n) is 4.78. The average Bonchev–Trinajstić information content (AvgIpc) is 3.03. The van der Waals surface area contributed by atoms with Crippen molar-refractivity contribution in [2.24, 2.45) is 0 Å². The van der Waals surface area contributed by atoms with Gasteiger partial charge in [-0.1, -0.05) is 0 Å². The Morgan fingerprint density at radius 1 is 1.38 bits per heavy atom. The minimum atomic E-state index is -0.610. The van der Waals surface area contributed by atoms with E-state index in [0.717, 1.165) is 18.8 Å². The van der Waals surface area contributed by atoms with Gasteiger partial charge in [0.25, 0.3) is 0 Å². The number of benzene rings is 1. The highest BCUT2D eigenvalue weighted by atomic mass is 16.5. The lowest BCUT2D eigenvalue weighted by molar-refractivity contribution is -0.138. The number of nitriles is 1. The molecule has 1 aliphatic rings. The van der Waals surface area contributed by atoms with Crippen molar-refractivity contribution in [2.45, 2.75) is 19.8 Å². The third kappa shape index (κ3) is 3.99. The van der Waals surface area contributed by atoms with Crippen LogP contribution in [0.2, 0.25) is 0 Å². The summed E-state index contributed by atoms with van der Waals surface area (Å²) in [5, 5.41) is 11.9. The van der Waals surface area contributed by atoms with Gasteiger partial charge in [0.15, 0.2) is 5.57 Å². The molecule has 1 aromatic carbocycles. The second-order valence-corrected chi connectivity index (χ2v) is 4.78. The Morgan fingerprint density at radius 2 is 2.05 bits per heavy atom. The molecule has 0 amide bonds. The number of anilines is 2. The number of ether oxygens (including phenoxy) is 1. The fourth-order valence-corrected chi connectivity index (χ4v) is 2.24. The minimum Gasteiger partial charge on any atom is -0.462 e. The predicted octanol–water partition coefficient (Wildman–Crippen LogP) is 2.67. The minimum absolute atomic E-state index is 0.0412. The molecule has 0 aliphatic carbocycles. The van der Waals surface area contributed by atoms with Crippen molar-refractivity contribution < 1.29 is 9.53 Å². The number of nitrogens with zero attached hydrogens (tertiary/aromatic N) is 2. The van der Waals surface area contributed by atoms with Gasteiger partial charge in [-0.3, -0.25) is 0 Å². The summed E-state index contributed by atoms with van der Waals surface area (Å²) in [5.74, 6) is -0.610. The summed E-state index contributed by atoms with van der Waals surface area (Å²) in [7, 11) is 0. The average molecular weight is 285 g/mol. The normalized spacial score (nSPS) is 14.7. The Labute approximate surface area is 124 Å². The molecule has 0 unspecified atom stereocenters. The third-order valence-corrected chi connectivity index (χ3v) is 3.34. The van der Waals surface area contributed by atoms with Crippen LogP contribution in [0.1, 0.15) is 19.8 Å². The van der Waals surface area contributed by atoms with E-state index >= 15 is 0 Å². The largest absolute Gasteiger partial charge is 0.462 e. The smallest absolute Gasteiger partial charge is 0.350 e. The summed E-state index contributed by atoms with van der Waals surface area (Å²) in [5.41, 5.74) is 1.99. The summed E-state index contributed by atoms with van der Waals surface area (Å²) in [6.07, 6.45) is 3.87. The molecule has 110 valence electrons. The van der Waals surface area contributed by atoms with Gasteiger partial charge >= 0.3 is 5.97 Å². The highest BCUT2D eigenvalue weighted by Crippen LogP contribution is 2.22. The van der Waals surface area contributed by atoms with Crippen molar-refractivity contribution >= 4 is 17.3 Å². The number of hydrogen-bond donors (Lipinski definition) is 1. The van der Waals surface area contributed by atoms with Crippen molar-refractivity contribution in [1.29, 1.82) is 5.26 Å². The van der Waals surface area contributed by atoms with E-state index in [1.165, 1.54) is 24.7 Å². The molecular formula is C16H19N3O2. The first kappa shape index (κ1) is 14.9. The maximum atomic E-state index is 11.5. The fraction of sp³-hybridized carbons (Fsp3) is 0.375. The van der Waals surface area contributed by atoms with Crippen LogP contribution < -0.4 is 10.2 Å². The molecule has 5 heteroatoms. The molecular weight excluding hydrogens is 266 g/mol. The van der Waals surface area contributed by atoms with Crippen LogP contribution in [0.4, 0.5) is 11.4 Å². The predicted molar refractivity (Wildman–Crippen MR) is 81.8 cm³/mol. The van der Waals surface area contributed by atoms with Crippen LogP contribution in [0.3, 0.4) is 0 Å². The van der Waals surface area contributed by atoms with E-state index in [-0.39, 0.29) is 12.2 Å². The Bertz CT molecular complexity index is 552. The molecule has 1 fully saturated rings. The number of hydrogen-bond acceptors (Lipinski definition) is 5. The van der Waals surface area contributed by atoms with Crippen LogP contribution in [-0.4, -0.2) is 25.7 Å². The van der Waals surface area contributed by atoms with Crippen molar-refractivity contribution in [2.75, 3.05) is 29.9 Å². The van der Waals surface area contributed by atoms with Crippen molar-refractivity contribution in [3.63, 3.8) is 0 Å². The number of carbonyl (C=O) groups excluding carboxylic acids is 1. The molecule has 1 aromatic rings. The molecule has 0 atom stereocenters. The Balaban J connectivity index is 1.99. The molecule has 1 aliphatic heterocycles. The first-order chi connectivity index (χ1) is 10.2. The van der Waals surface area contributed by atoms with Gasteiger partial charge in [-0.2, -0.15) is 5.26 Å². The SMILES string of the molecule is CCOC(=O)/C(C#N)=C/Nc1ccc(N2CCCC2)cc1. The van der Waals surface area contributed by atoms with Crippen molar-refractivity contribution in [1.82, 2.24) is 0 Å². The molecule has 0 aromatic heterocycles. The zero-order chi connectivity index (χ0) is 15.1. The molecule has 21 heavy (non-hydrogen) atoms. The van der Waals surface area contributed by atoms with Gasteiger partial charge < -0.3 is 15.0 Å². The highest BCUT2D eigenvalue weighted by molar-refractivity contribution is 5.93. The summed E-state index contributed by atoms with van der Waals surface area (Å²) in [6, 6.07) is 9.78. The van der Waals surface area contributed by atoms with E-state index in [2.05, 4.69) is 10.2 Å². The molecule has 0 saturated carbocycles. The lowest BCUT2D eigenvalue weighted by Gasteiger charge is -2.17. The van der Waals surface area contributed by atoms with Crippen LogP contribution >= 0.6 is 0 Å². The number of nitrogens with one attached hydrogen (secondary N) is 1. The summed E-state index contributed by atoms with van der Waals surface area (Å²) in [6.45, 7) is 4.17. The molecule has 5 nitrogen and oxygen atoms in total. The van der Waals surface area contributed by atoms with Gasteiger partial charge in [0.05, 0.1) is 6.61 Å². The number of esters is 1. The molecule has 1 N–H and O–H groups in total. The maximum absolute atomic E-state index is 11.5. The Hall–Kier alpha value is -2.48. The first-order valence-electron chi connectivity index (χ1n) is 7.13. The van der Waals surface area contributed by atoms with Crippen LogP contribution in [0, 0.1) is 11.3 Å². The van der Waals surface area contributed by atoms with Crippen LogP contribution in [0.15, 0.2) is 36.0 Å². The monoisotopic (exact) mass is 285 g/mol. The van der Waals surface area contributed by atoms with E-state index in [4.69, 9.17) is 10.00 Å². The van der Waals surface area contributed by atoms with E-state index in [1.54, 1.807) is 6.92 Å². The second kappa shape index (κ2) is 7.34. The van der Waals surface area contributed by atoms with E-state index in [1.807, 2.05) is 30.3 Å². The molecule has 1 heterocycles. The topological polar surface area (TPSA) is 65.4 Å². The van der Waals surface area contributed by atoms with Crippen LogP contribution in [0.5, 0.6) is 0 Å². The van der Waals surface area contributed by atoms with Gasteiger partial charge in [0.1, 0.15) is 6.07 Å². The molecule has 2 rings (SSSR count). The Kier molecular flexibility index (Phi) is 5.22. The standard InChI is InChI=1S/C16H19N3O2/c1-2-21-16(20)13(11-17)12-18-14-5-7-15(8-6-14)19-9-3-4-10-19/h5-8,12,18H,2-4,9-10H2,1H3/b13-12+. The van der Waals surface area contributed by atoms with Gasteiger partial charge in [-0.25, -0.2) is 4.79 Å². The lowest BCUT2D eigenvalue weighted by Crippen LogP contribution is -2.17. The fourth-order valence-electron chi connectivity index (χ4n) is 2.24. The van der Waals surface area contributed by atoms with Crippen molar-refractivity contribution in [3.8, 4) is 6.07 Å². The van der Waals surface area contributed by atoms with E-state index in [0.29, 0.717) is 0 Å². The van der Waals surface area contributed by atoms with Gasteiger partial charge in [0, 0.05) is 30.7 Å². The molecule has 1 saturated heterocycles. The van der Waals surface area contributed by atoms with Crippen LogP contribution in [-0.2, 0) is 9.53 Å². The number of rotatable bonds is 5. The van der Waals surface area contributed by atoms with Gasteiger partial charge in [-0.05, 0) is 44.0 Å². The molecule has 0 bridgehead atoms. The molecule has 0 radical (unpaired) electrons. The Morgan fingerprint density at radius 3 is 2.62 bits per heavy atom. The van der Waals surface area contributed by atoms with E-state index in [9.17, 15) is 4.79 Å². The molecule has 0 spiro atoms. The van der Waals surface area contributed by atoms with Crippen molar-refractivity contribution in [3.05, 3.63) is 36.0 Å². The van der Waals surface area contributed by atoms with Gasteiger partial charge in [0.2, 0.25) is 0 Å². The highest BCUT2D eigenvalue weighted by Gasteiger charge is 2.12.